The van der Waals surface area contributed by atoms with Gasteiger partial charge in [0.2, 0.25) is 0 Å². The van der Waals surface area contributed by atoms with E-state index in [2.05, 4.69) is 10.6 Å². The number of hydrogen-bond acceptors (Lipinski definition) is 4. The molecule has 1 fully saturated rings. The Bertz CT molecular complexity index is 1150. The molecule has 0 saturated carbocycles. The number of Topliss-reactive ketones (excluding diaryl/α,β-unsaturated/α-hetero) is 1. The highest BCUT2D eigenvalue weighted by Crippen LogP contribution is 2.38. The summed E-state index contributed by atoms with van der Waals surface area (Å²) in [6, 6.07) is 12.7. The Morgan fingerprint density at radius 2 is 1.93 bits per heavy atom. The summed E-state index contributed by atoms with van der Waals surface area (Å²) in [6.07, 6.45) is 1.03. The molecule has 7 heteroatoms. The highest BCUT2D eigenvalue weighted by atomic mass is 19.1. The van der Waals surface area contributed by atoms with Gasteiger partial charge in [0.05, 0.1) is 0 Å². The van der Waals surface area contributed by atoms with Crippen LogP contribution in [0.15, 0.2) is 52.9 Å². The molecule has 3 amide bonds. The number of ketones is 1. The molecule has 1 aliphatic heterocycles. The van der Waals surface area contributed by atoms with E-state index in [4.69, 9.17) is 4.42 Å². The Hall–Kier alpha value is -3.48. The lowest BCUT2D eigenvalue weighted by Crippen LogP contribution is -2.44. The number of carbonyl (C=O) groups is 3. The van der Waals surface area contributed by atoms with E-state index in [9.17, 15) is 18.8 Å². The minimum absolute atomic E-state index is 0.135. The number of hydrogen-bond donors (Lipinski definition) is 2. The van der Waals surface area contributed by atoms with Gasteiger partial charge in [-0.15, -0.1) is 0 Å². The molecule has 2 heterocycles. The molecule has 3 aromatic rings. The fraction of sp³-hybridized carbons (Fsp3) is 0.227. The highest BCUT2D eigenvalue weighted by molar-refractivity contribution is 6.07. The fourth-order valence-electron chi connectivity index (χ4n) is 4.31. The maximum absolute atomic E-state index is 13.5. The molecule has 0 radical (unpaired) electrons. The topological polar surface area (TPSA) is 88.4 Å². The van der Waals surface area contributed by atoms with Gasteiger partial charge in [-0.25, -0.2) is 9.18 Å². The van der Waals surface area contributed by atoms with Crippen LogP contribution >= 0.6 is 0 Å². The molecular formula is C22H17FN2O4. The van der Waals surface area contributed by atoms with Gasteiger partial charge in [-0.2, -0.15) is 0 Å². The zero-order valence-corrected chi connectivity index (χ0v) is 15.3. The van der Waals surface area contributed by atoms with Crippen molar-refractivity contribution in [3.8, 4) is 0 Å². The van der Waals surface area contributed by atoms with Crippen molar-refractivity contribution in [3.05, 3.63) is 71.2 Å². The predicted molar refractivity (Wildman–Crippen MR) is 102 cm³/mol. The van der Waals surface area contributed by atoms with Crippen LogP contribution in [0.2, 0.25) is 0 Å². The van der Waals surface area contributed by atoms with Crippen molar-refractivity contribution >= 4 is 28.7 Å². The van der Waals surface area contributed by atoms with Crippen LogP contribution in [0.3, 0.4) is 0 Å². The van der Waals surface area contributed by atoms with Gasteiger partial charge in [0.1, 0.15) is 17.2 Å². The van der Waals surface area contributed by atoms with Crippen molar-refractivity contribution in [2.45, 2.75) is 24.8 Å². The van der Waals surface area contributed by atoms with Crippen molar-refractivity contribution in [2.75, 3.05) is 0 Å². The summed E-state index contributed by atoms with van der Waals surface area (Å²) >= 11 is 0. The second-order valence-electron chi connectivity index (χ2n) is 7.57. The first-order chi connectivity index (χ1) is 14.0. The smallest absolute Gasteiger partial charge is 0.322 e. The fourth-order valence-corrected chi connectivity index (χ4v) is 4.31. The summed E-state index contributed by atoms with van der Waals surface area (Å²) in [4.78, 5) is 37.4. The number of fused-ring (bicyclic) bond motifs is 2. The zero-order valence-electron chi connectivity index (χ0n) is 15.3. The third-order valence-corrected chi connectivity index (χ3v) is 5.83. The van der Waals surface area contributed by atoms with Gasteiger partial charge in [0.15, 0.2) is 11.3 Å². The molecule has 0 bridgehead atoms. The minimum atomic E-state index is -1.38. The van der Waals surface area contributed by atoms with Crippen molar-refractivity contribution in [3.63, 3.8) is 0 Å². The Kier molecular flexibility index (Phi) is 3.81. The number of amides is 3. The number of benzene rings is 2. The average molecular weight is 392 g/mol. The van der Waals surface area contributed by atoms with E-state index in [-0.39, 0.29) is 18.1 Å². The molecule has 0 spiro atoms. The second kappa shape index (κ2) is 6.27. The molecule has 2 atom stereocenters. The molecule has 1 unspecified atom stereocenters. The standard InChI is InChI=1S/C22H17FN2O4/c23-15-6-5-12-9-14(19(26)16(12)11-15)7-8-22(20(27)24-21(28)25-22)18-10-13-3-1-2-4-17(13)29-18/h1-6,10-11,14H,7-9H2,(H2,24,25,27,28)/t14?,22-/m0/s1. The monoisotopic (exact) mass is 392 g/mol. The number of imide groups is 1. The summed E-state index contributed by atoms with van der Waals surface area (Å²) in [7, 11) is 0. The summed E-state index contributed by atoms with van der Waals surface area (Å²) in [6.45, 7) is 0. The number of urea groups is 1. The molecule has 2 aliphatic rings. The van der Waals surface area contributed by atoms with E-state index in [0.29, 0.717) is 29.7 Å². The van der Waals surface area contributed by atoms with E-state index >= 15 is 0 Å². The molecule has 1 aliphatic carbocycles. The van der Waals surface area contributed by atoms with Crippen LogP contribution in [-0.2, 0) is 16.8 Å². The van der Waals surface area contributed by atoms with Gasteiger partial charge in [0.25, 0.3) is 5.91 Å². The molecular weight excluding hydrogens is 375 g/mol. The third kappa shape index (κ3) is 2.73. The zero-order chi connectivity index (χ0) is 20.2. The molecule has 29 heavy (non-hydrogen) atoms. The number of nitrogens with one attached hydrogen (secondary N) is 2. The van der Waals surface area contributed by atoms with Gasteiger partial charge in [-0.05, 0) is 49.1 Å². The molecule has 2 aromatic carbocycles. The molecule has 6 nitrogen and oxygen atoms in total. The van der Waals surface area contributed by atoms with Crippen LogP contribution < -0.4 is 10.6 Å². The molecule has 2 N–H and O–H groups in total. The van der Waals surface area contributed by atoms with E-state index < -0.39 is 23.3 Å². The van der Waals surface area contributed by atoms with Gasteiger partial charge in [-0.3, -0.25) is 14.9 Å². The normalized spacial score (nSPS) is 23.3. The minimum Gasteiger partial charge on any atom is -0.458 e. The molecule has 146 valence electrons. The van der Waals surface area contributed by atoms with Crippen LogP contribution in [0.5, 0.6) is 0 Å². The number of rotatable bonds is 4. The maximum atomic E-state index is 13.5. The Labute approximate surface area is 165 Å². The van der Waals surface area contributed by atoms with Crippen LogP contribution in [-0.4, -0.2) is 17.7 Å². The van der Waals surface area contributed by atoms with Crippen molar-refractivity contribution in [2.24, 2.45) is 5.92 Å². The quantitative estimate of drug-likeness (QED) is 0.666. The Balaban J connectivity index is 1.45. The Morgan fingerprint density at radius 1 is 1.10 bits per heavy atom. The lowest BCUT2D eigenvalue weighted by atomic mass is 9.85. The first-order valence-corrected chi connectivity index (χ1v) is 9.41. The average Bonchev–Trinajstić information content (AvgIpc) is 3.35. The highest BCUT2D eigenvalue weighted by Gasteiger charge is 2.50. The van der Waals surface area contributed by atoms with E-state index in [1.165, 1.54) is 12.1 Å². The molecule has 1 saturated heterocycles. The third-order valence-electron chi connectivity index (χ3n) is 5.83. The number of furan rings is 1. The summed E-state index contributed by atoms with van der Waals surface area (Å²) < 4.78 is 19.4. The van der Waals surface area contributed by atoms with E-state index in [1.54, 1.807) is 18.2 Å². The van der Waals surface area contributed by atoms with E-state index in [1.807, 2.05) is 18.2 Å². The lowest BCUT2D eigenvalue weighted by molar-refractivity contribution is -0.125. The van der Waals surface area contributed by atoms with Crippen LogP contribution in [0.25, 0.3) is 11.0 Å². The van der Waals surface area contributed by atoms with Gasteiger partial charge >= 0.3 is 6.03 Å². The summed E-state index contributed by atoms with van der Waals surface area (Å²) in [5, 5.41) is 5.79. The van der Waals surface area contributed by atoms with Crippen molar-refractivity contribution < 1.29 is 23.2 Å². The number of para-hydroxylation sites is 1. The van der Waals surface area contributed by atoms with Crippen LogP contribution in [0, 0.1) is 11.7 Å². The SMILES string of the molecule is O=C1NC(=O)[C@](CCC2Cc3ccc(F)cc3C2=O)(c2cc3ccccc3o2)N1. The largest absolute Gasteiger partial charge is 0.458 e. The van der Waals surface area contributed by atoms with Gasteiger partial charge in [0, 0.05) is 16.9 Å². The summed E-state index contributed by atoms with van der Waals surface area (Å²) in [5.74, 6) is -1.13. The van der Waals surface area contributed by atoms with Gasteiger partial charge in [-0.1, -0.05) is 24.3 Å². The molecule has 1 aromatic heterocycles. The lowest BCUT2D eigenvalue weighted by Gasteiger charge is -2.24. The predicted octanol–water partition coefficient (Wildman–Crippen LogP) is 3.44. The summed E-state index contributed by atoms with van der Waals surface area (Å²) in [5.41, 5.74) is 0.429. The van der Waals surface area contributed by atoms with Crippen LogP contribution in [0.4, 0.5) is 9.18 Å². The maximum Gasteiger partial charge on any atom is 0.322 e. The number of halogens is 1. The first kappa shape index (κ1) is 17.6. The van der Waals surface area contributed by atoms with Gasteiger partial charge < -0.3 is 9.73 Å². The molecule has 5 rings (SSSR count). The van der Waals surface area contributed by atoms with Crippen molar-refractivity contribution in [1.82, 2.24) is 10.6 Å². The van der Waals surface area contributed by atoms with Crippen molar-refractivity contribution in [1.29, 1.82) is 0 Å². The van der Waals surface area contributed by atoms with Crippen LogP contribution in [0.1, 0.15) is 34.5 Å². The van der Waals surface area contributed by atoms with E-state index in [0.717, 1.165) is 10.9 Å². The first-order valence-electron chi connectivity index (χ1n) is 9.41. The Morgan fingerprint density at radius 3 is 2.69 bits per heavy atom. The number of carbonyl (C=O) groups excluding carboxylic acids is 3. The second-order valence-corrected chi connectivity index (χ2v) is 7.57.